The number of Topliss-reactive ketones (excluding diaryl/α,β-unsaturated/α-hetero) is 1. The van der Waals surface area contributed by atoms with Gasteiger partial charge in [0.15, 0.2) is 0 Å². The predicted molar refractivity (Wildman–Crippen MR) is 123 cm³/mol. The zero-order valence-electron chi connectivity index (χ0n) is 17.7. The highest BCUT2D eigenvalue weighted by Crippen LogP contribution is 2.37. The fourth-order valence-corrected chi connectivity index (χ4v) is 4.58. The van der Waals surface area contributed by atoms with Crippen LogP contribution in [0.25, 0.3) is 0 Å². The topological polar surface area (TPSA) is 74.7 Å². The van der Waals surface area contributed by atoms with E-state index in [9.17, 15) is 14.4 Å². The number of aliphatic carboxylic acids is 1. The Labute approximate surface area is 187 Å². The van der Waals surface area contributed by atoms with Crippen molar-refractivity contribution in [2.45, 2.75) is 38.0 Å². The van der Waals surface area contributed by atoms with Crippen molar-refractivity contribution in [3.8, 4) is 0 Å². The van der Waals surface area contributed by atoms with Gasteiger partial charge in [0, 0.05) is 23.4 Å². The summed E-state index contributed by atoms with van der Waals surface area (Å²) in [4.78, 5) is 38.5. The van der Waals surface area contributed by atoms with E-state index in [-0.39, 0.29) is 17.4 Å². The number of carbonyl (C=O) groups excluding carboxylic acids is 2. The Kier molecular flexibility index (Phi) is 6.45. The van der Waals surface area contributed by atoms with E-state index in [2.05, 4.69) is 0 Å². The van der Waals surface area contributed by atoms with Gasteiger partial charge in [-0.1, -0.05) is 54.6 Å². The second kappa shape index (κ2) is 9.60. The quantitative estimate of drug-likeness (QED) is 0.398. The molecule has 0 fully saturated rings. The molecule has 0 aromatic heterocycles. The molecule has 1 amide bonds. The van der Waals surface area contributed by atoms with Crippen molar-refractivity contribution >= 4 is 29.0 Å². The van der Waals surface area contributed by atoms with Gasteiger partial charge in [0.05, 0.1) is 0 Å². The van der Waals surface area contributed by atoms with Crippen LogP contribution in [0, 0.1) is 0 Å². The molecular formula is C27H25NO4. The van der Waals surface area contributed by atoms with Gasteiger partial charge in [-0.25, -0.2) is 4.79 Å². The standard InChI is InChI=1S/C27H25NO4/c29-25(28(20-10-3-1-4-11-20)21-12-5-2-6-13-21)18-17-19-9-7-15-23-22(19)14-8-16-24(23)26(30)27(31)32/h1-6,8,10-14,16,19H,7,9,15,17-18H2,(H,31,32). The Hall–Kier alpha value is -3.73. The van der Waals surface area contributed by atoms with E-state index in [0.717, 1.165) is 35.3 Å². The first kappa shape index (κ1) is 21.5. The molecular weight excluding hydrogens is 402 g/mol. The van der Waals surface area contributed by atoms with Crippen molar-refractivity contribution in [2.24, 2.45) is 0 Å². The molecule has 4 rings (SSSR count). The van der Waals surface area contributed by atoms with Crippen molar-refractivity contribution in [1.82, 2.24) is 0 Å². The molecule has 0 aliphatic heterocycles. The molecule has 1 aliphatic carbocycles. The van der Waals surface area contributed by atoms with Crippen molar-refractivity contribution in [1.29, 1.82) is 0 Å². The van der Waals surface area contributed by atoms with E-state index in [1.165, 1.54) is 0 Å². The summed E-state index contributed by atoms with van der Waals surface area (Å²) in [6.07, 6.45) is 3.48. The van der Waals surface area contributed by atoms with E-state index in [0.29, 0.717) is 19.3 Å². The lowest BCUT2D eigenvalue weighted by molar-refractivity contribution is -0.131. The molecule has 0 saturated heterocycles. The number of rotatable bonds is 7. The number of carbonyl (C=O) groups is 3. The van der Waals surface area contributed by atoms with E-state index in [1.807, 2.05) is 66.7 Å². The van der Waals surface area contributed by atoms with E-state index < -0.39 is 11.8 Å². The van der Waals surface area contributed by atoms with Crippen LogP contribution in [0.3, 0.4) is 0 Å². The zero-order valence-corrected chi connectivity index (χ0v) is 17.7. The number of amides is 1. The van der Waals surface area contributed by atoms with Crippen LogP contribution in [0.5, 0.6) is 0 Å². The minimum Gasteiger partial charge on any atom is -0.475 e. The first-order valence-electron chi connectivity index (χ1n) is 10.9. The number of benzene rings is 3. The molecule has 0 bridgehead atoms. The average molecular weight is 428 g/mol. The number of carboxylic acids is 1. The van der Waals surface area contributed by atoms with Crippen LogP contribution in [-0.2, 0) is 16.0 Å². The van der Waals surface area contributed by atoms with Gasteiger partial charge < -0.3 is 5.11 Å². The largest absolute Gasteiger partial charge is 0.475 e. The highest BCUT2D eigenvalue weighted by atomic mass is 16.4. The van der Waals surface area contributed by atoms with Crippen LogP contribution in [0.2, 0.25) is 0 Å². The maximum atomic E-state index is 13.4. The van der Waals surface area contributed by atoms with Gasteiger partial charge >= 0.3 is 5.97 Å². The first-order chi connectivity index (χ1) is 15.6. The second-order valence-electron chi connectivity index (χ2n) is 8.04. The van der Waals surface area contributed by atoms with Gasteiger partial charge in [0.2, 0.25) is 5.91 Å². The summed E-state index contributed by atoms with van der Waals surface area (Å²) in [7, 11) is 0. The minimum atomic E-state index is -1.43. The Balaban J connectivity index is 1.56. The molecule has 0 heterocycles. The van der Waals surface area contributed by atoms with Crippen LogP contribution in [0.15, 0.2) is 78.9 Å². The maximum Gasteiger partial charge on any atom is 0.377 e. The van der Waals surface area contributed by atoms with Crippen LogP contribution in [-0.4, -0.2) is 22.8 Å². The Morgan fingerprint density at radius 2 is 1.47 bits per heavy atom. The Morgan fingerprint density at radius 3 is 2.06 bits per heavy atom. The van der Waals surface area contributed by atoms with Crippen LogP contribution < -0.4 is 4.90 Å². The van der Waals surface area contributed by atoms with E-state index in [4.69, 9.17) is 5.11 Å². The maximum absolute atomic E-state index is 13.4. The molecule has 1 unspecified atom stereocenters. The molecule has 5 nitrogen and oxygen atoms in total. The van der Waals surface area contributed by atoms with Gasteiger partial charge in [0.1, 0.15) is 0 Å². The lowest BCUT2D eigenvalue weighted by Gasteiger charge is -2.28. The van der Waals surface area contributed by atoms with Gasteiger partial charge in [-0.15, -0.1) is 0 Å². The molecule has 162 valence electrons. The average Bonchev–Trinajstić information content (AvgIpc) is 2.83. The lowest BCUT2D eigenvalue weighted by atomic mass is 9.78. The third-order valence-corrected chi connectivity index (χ3v) is 6.06. The van der Waals surface area contributed by atoms with E-state index in [1.54, 1.807) is 17.0 Å². The van der Waals surface area contributed by atoms with Gasteiger partial charge in [0.25, 0.3) is 5.78 Å². The summed E-state index contributed by atoms with van der Waals surface area (Å²) < 4.78 is 0. The number of ketones is 1. The molecule has 5 heteroatoms. The lowest BCUT2D eigenvalue weighted by Crippen LogP contribution is -2.26. The molecule has 0 radical (unpaired) electrons. The summed E-state index contributed by atoms with van der Waals surface area (Å²) in [6.45, 7) is 0. The molecule has 3 aromatic rings. The number of nitrogens with zero attached hydrogens (tertiary/aromatic N) is 1. The molecule has 3 aromatic carbocycles. The van der Waals surface area contributed by atoms with Gasteiger partial charge in [-0.3, -0.25) is 14.5 Å². The Morgan fingerprint density at radius 1 is 0.844 bits per heavy atom. The molecule has 1 atom stereocenters. The number of hydrogen-bond acceptors (Lipinski definition) is 3. The first-order valence-corrected chi connectivity index (χ1v) is 10.9. The number of carboxylic acid groups (broad SMARTS) is 1. The number of anilines is 2. The monoisotopic (exact) mass is 427 g/mol. The van der Waals surface area contributed by atoms with Crippen molar-refractivity contribution in [3.63, 3.8) is 0 Å². The van der Waals surface area contributed by atoms with E-state index >= 15 is 0 Å². The summed E-state index contributed by atoms with van der Waals surface area (Å²) in [5, 5.41) is 9.16. The second-order valence-corrected chi connectivity index (χ2v) is 8.04. The number of fused-ring (bicyclic) bond motifs is 1. The number of hydrogen-bond donors (Lipinski definition) is 1. The smallest absolute Gasteiger partial charge is 0.377 e. The summed E-state index contributed by atoms with van der Waals surface area (Å²) in [5.41, 5.74) is 3.75. The Bertz CT molecular complexity index is 1090. The molecule has 0 saturated carbocycles. The third kappa shape index (κ3) is 4.47. The highest BCUT2D eigenvalue weighted by Gasteiger charge is 2.28. The highest BCUT2D eigenvalue weighted by molar-refractivity contribution is 6.40. The van der Waals surface area contributed by atoms with Crippen molar-refractivity contribution < 1.29 is 19.5 Å². The van der Waals surface area contributed by atoms with Crippen LogP contribution in [0.1, 0.15) is 53.1 Å². The van der Waals surface area contributed by atoms with Crippen LogP contribution >= 0.6 is 0 Å². The third-order valence-electron chi connectivity index (χ3n) is 6.06. The fraction of sp³-hybridized carbons (Fsp3) is 0.222. The zero-order chi connectivity index (χ0) is 22.5. The summed E-state index contributed by atoms with van der Waals surface area (Å²) in [5.74, 6) is -2.17. The normalized spacial score (nSPS) is 14.9. The van der Waals surface area contributed by atoms with Gasteiger partial charge in [-0.05, 0) is 67.0 Å². The molecule has 1 aliphatic rings. The van der Waals surface area contributed by atoms with Gasteiger partial charge in [-0.2, -0.15) is 0 Å². The molecule has 1 N–H and O–H groups in total. The SMILES string of the molecule is O=C(O)C(=O)c1cccc2c1CCCC2CCC(=O)N(c1ccccc1)c1ccccc1. The molecule has 32 heavy (non-hydrogen) atoms. The van der Waals surface area contributed by atoms with Crippen molar-refractivity contribution in [3.05, 3.63) is 95.6 Å². The summed E-state index contributed by atoms with van der Waals surface area (Å²) >= 11 is 0. The minimum absolute atomic E-state index is 0.00675. The fourth-order valence-electron chi connectivity index (χ4n) is 4.58. The van der Waals surface area contributed by atoms with Crippen LogP contribution in [0.4, 0.5) is 11.4 Å². The van der Waals surface area contributed by atoms with Crippen molar-refractivity contribution in [2.75, 3.05) is 4.90 Å². The summed E-state index contributed by atoms with van der Waals surface area (Å²) in [6, 6.07) is 24.5. The predicted octanol–water partition coefficient (Wildman–Crippen LogP) is 5.52. The number of para-hydroxylation sites is 2. The molecule has 0 spiro atoms.